The van der Waals surface area contributed by atoms with Crippen molar-refractivity contribution in [2.24, 2.45) is 9.98 Å². The van der Waals surface area contributed by atoms with E-state index in [0.29, 0.717) is 35.6 Å². The zero-order valence-corrected chi connectivity index (χ0v) is 16.1. The Hall–Kier alpha value is -1.92. The summed E-state index contributed by atoms with van der Waals surface area (Å²) in [7, 11) is 1.84. The van der Waals surface area contributed by atoms with Crippen LogP contribution in [0.3, 0.4) is 0 Å². The molecule has 7 heteroatoms. The van der Waals surface area contributed by atoms with Crippen LogP contribution in [0.25, 0.3) is 0 Å². The molecule has 0 amide bonds. The van der Waals surface area contributed by atoms with Crippen molar-refractivity contribution in [3.8, 4) is 5.75 Å². The molecule has 1 aliphatic carbocycles. The number of benzene rings is 1. The highest BCUT2D eigenvalue weighted by molar-refractivity contribution is 6.30. The van der Waals surface area contributed by atoms with Crippen molar-refractivity contribution in [3.63, 3.8) is 0 Å². The Morgan fingerprint density at radius 1 is 1.35 bits per heavy atom. The van der Waals surface area contributed by atoms with E-state index in [4.69, 9.17) is 26.7 Å². The summed E-state index contributed by atoms with van der Waals surface area (Å²) < 4.78 is 5.65. The zero-order valence-electron chi connectivity index (χ0n) is 15.3. The number of hydrogen-bond donors (Lipinski definition) is 3. The Morgan fingerprint density at radius 2 is 2.15 bits per heavy atom. The predicted octanol–water partition coefficient (Wildman–Crippen LogP) is 3.65. The van der Waals surface area contributed by atoms with Gasteiger partial charge in [0.2, 0.25) is 0 Å². The molecule has 0 radical (unpaired) electrons. The normalized spacial score (nSPS) is 16.0. The Labute approximate surface area is 160 Å². The average molecular weight is 378 g/mol. The number of hydrogen-bond acceptors (Lipinski definition) is 5. The molecule has 0 bridgehead atoms. The van der Waals surface area contributed by atoms with E-state index >= 15 is 0 Å². The molecule has 142 valence electrons. The molecule has 0 saturated heterocycles. The molecule has 26 heavy (non-hydrogen) atoms. The van der Waals surface area contributed by atoms with Gasteiger partial charge in [0.1, 0.15) is 18.2 Å². The first-order chi connectivity index (χ1) is 12.7. The molecule has 1 aromatic rings. The summed E-state index contributed by atoms with van der Waals surface area (Å²) in [6.45, 7) is 0.748. The molecule has 0 heterocycles. The van der Waals surface area contributed by atoms with Gasteiger partial charge < -0.3 is 20.8 Å². The molecule has 0 aromatic heterocycles. The third-order valence-corrected chi connectivity index (χ3v) is 4.31. The summed E-state index contributed by atoms with van der Waals surface area (Å²) in [4.78, 5) is 9.01. The summed E-state index contributed by atoms with van der Waals surface area (Å²) in [5, 5.41) is 14.9. The van der Waals surface area contributed by atoms with Crippen molar-refractivity contribution in [2.75, 3.05) is 20.3 Å². The minimum atomic E-state index is 0.208. The average Bonchev–Trinajstić information content (AvgIpc) is 2.64. The van der Waals surface area contributed by atoms with Gasteiger partial charge in [0.25, 0.3) is 0 Å². The number of rotatable bonds is 9. The molecular weight excluding hydrogens is 350 g/mol. The Morgan fingerprint density at radius 3 is 2.88 bits per heavy atom. The van der Waals surface area contributed by atoms with Crippen molar-refractivity contribution in [1.82, 2.24) is 10.6 Å². The van der Waals surface area contributed by atoms with E-state index in [0.717, 1.165) is 18.7 Å². The van der Waals surface area contributed by atoms with E-state index in [9.17, 15) is 0 Å². The van der Waals surface area contributed by atoms with E-state index < -0.39 is 0 Å². The molecule has 0 spiro atoms. The highest BCUT2D eigenvalue weighted by Crippen LogP contribution is 2.20. The fraction of sp³-hybridized carbons (Fsp3) is 0.526. The van der Waals surface area contributed by atoms with E-state index in [1.165, 1.54) is 19.3 Å². The largest absolute Gasteiger partial charge is 0.488 e. The van der Waals surface area contributed by atoms with E-state index in [1.54, 1.807) is 18.5 Å². The summed E-state index contributed by atoms with van der Waals surface area (Å²) in [5.41, 5.74) is 0.453. The van der Waals surface area contributed by atoms with Gasteiger partial charge in [0, 0.05) is 11.4 Å². The van der Waals surface area contributed by atoms with Gasteiger partial charge in [-0.05, 0) is 38.1 Å². The van der Waals surface area contributed by atoms with Crippen LogP contribution in [0.5, 0.6) is 5.75 Å². The van der Waals surface area contributed by atoms with Crippen molar-refractivity contribution >= 4 is 29.5 Å². The molecule has 1 aromatic carbocycles. The SMILES string of the molecule is CNCN=CNC(CC(=N)COc1cccc(Cl)c1)=NC1CCCCC1. The first-order valence-electron chi connectivity index (χ1n) is 9.08. The number of nitrogens with one attached hydrogen (secondary N) is 3. The number of ether oxygens (including phenoxy) is 1. The summed E-state index contributed by atoms with van der Waals surface area (Å²) in [5.74, 6) is 1.44. The maximum atomic E-state index is 8.22. The standard InChI is InChI=1S/C19H28ClN5O/c1-22-13-23-14-24-19(25-17-7-3-2-4-8-17)11-16(21)12-26-18-9-5-6-15(20)10-18/h5-6,9-10,14,17,21-22H,2-4,7-8,11-13H2,1H3,(H,23,24,25). The lowest BCUT2D eigenvalue weighted by Crippen LogP contribution is -2.29. The van der Waals surface area contributed by atoms with Gasteiger partial charge in [-0.15, -0.1) is 0 Å². The van der Waals surface area contributed by atoms with Crippen LogP contribution in [0.15, 0.2) is 34.3 Å². The van der Waals surface area contributed by atoms with Crippen LogP contribution in [0.2, 0.25) is 5.02 Å². The molecule has 6 nitrogen and oxygen atoms in total. The van der Waals surface area contributed by atoms with Gasteiger partial charge in [-0.3, -0.25) is 9.98 Å². The minimum Gasteiger partial charge on any atom is -0.488 e. The highest BCUT2D eigenvalue weighted by Gasteiger charge is 2.14. The van der Waals surface area contributed by atoms with Gasteiger partial charge in [0.15, 0.2) is 0 Å². The first-order valence-corrected chi connectivity index (χ1v) is 9.46. The summed E-state index contributed by atoms with van der Waals surface area (Å²) in [6.07, 6.45) is 8.04. The van der Waals surface area contributed by atoms with Crippen LogP contribution in [-0.4, -0.2) is 44.3 Å². The van der Waals surface area contributed by atoms with E-state index in [1.807, 2.05) is 19.2 Å². The molecule has 0 aliphatic heterocycles. The first kappa shape index (κ1) is 20.4. The molecule has 0 unspecified atom stereocenters. The number of aliphatic imine (C=N–C) groups is 2. The lowest BCUT2D eigenvalue weighted by Gasteiger charge is -2.19. The predicted molar refractivity (Wildman–Crippen MR) is 109 cm³/mol. The van der Waals surface area contributed by atoms with Crippen LogP contribution in [-0.2, 0) is 0 Å². The third kappa shape index (κ3) is 7.97. The highest BCUT2D eigenvalue weighted by atomic mass is 35.5. The molecule has 3 N–H and O–H groups in total. The molecular formula is C19H28ClN5O. The fourth-order valence-corrected chi connectivity index (χ4v) is 2.98. The maximum Gasteiger partial charge on any atom is 0.126 e. The lowest BCUT2D eigenvalue weighted by molar-refractivity contribution is 0.374. The van der Waals surface area contributed by atoms with Crippen molar-refractivity contribution < 1.29 is 4.74 Å². The summed E-state index contributed by atoms with van der Waals surface area (Å²) >= 11 is 5.95. The van der Waals surface area contributed by atoms with Crippen LogP contribution in [0.1, 0.15) is 38.5 Å². The van der Waals surface area contributed by atoms with Crippen LogP contribution in [0.4, 0.5) is 0 Å². The molecule has 2 rings (SSSR count). The van der Waals surface area contributed by atoms with Gasteiger partial charge in [0.05, 0.1) is 24.8 Å². The second-order valence-corrected chi connectivity index (χ2v) is 6.80. The van der Waals surface area contributed by atoms with Gasteiger partial charge in [-0.2, -0.15) is 0 Å². The maximum absolute atomic E-state index is 8.22. The van der Waals surface area contributed by atoms with Crippen molar-refractivity contribution in [1.29, 1.82) is 5.41 Å². The Balaban J connectivity index is 1.90. The Bertz CT molecular complexity index is 626. The minimum absolute atomic E-state index is 0.208. The van der Waals surface area contributed by atoms with Gasteiger partial charge in [-0.25, -0.2) is 0 Å². The van der Waals surface area contributed by atoms with Crippen molar-refractivity contribution in [3.05, 3.63) is 29.3 Å². The van der Waals surface area contributed by atoms with Gasteiger partial charge in [-0.1, -0.05) is 36.9 Å². The zero-order chi connectivity index (χ0) is 18.6. The topological polar surface area (TPSA) is 81.9 Å². The molecule has 1 fully saturated rings. The second-order valence-electron chi connectivity index (χ2n) is 6.36. The van der Waals surface area contributed by atoms with E-state index in [2.05, 4.69) is 15.6 Å². The summed E-state index contributed by atoms with van der Waals surface area (Å²) in [6, 6.07) is 7.54. The lowest BCUT2D eigenvalue weighted by atomic mass is 9.96. The monoisotopic (exact) mass is 377 g/mol. The second kappa shape index (κ2) is 11.6. The Kier molecular flexibility index (Phi) is 9.14. The molecule has 1 aliphatic rings. The van der Waals surface area contributed by atoms with Gasteiger partial charge >= 0.3 is 0 Å². The number of halogens is 1. The smallest absolute Gasteiger partial charge is 0.126 e. The fourth-order valence-electron chi connectivity index (χ4n) is 2.80. The molecule has 1 saturated carbocycles. The quantitative estimate of drug-likeness (QED) is 0.453. The van der Waals surface area contributed by atoms with Crippen LogP contribution < -0.4 is 15.4 Å². The molecule has 0 atom stereocenters. The van der Waals surface area contributed by atoms with Crippen LogP contribution in [0, 0.1) is 5.41 Å². The van der Waals surface area contributed by atoms with Crippen LogP contribution >= 0.6 is 11.6 Å². The number of amidine groups is 1. The van der Waals surface area contributed by atoms with E-state index in [-0.39, 0.29) is 6.61 Å². The van der Waals surface area contributed by atoms with Crippen molar-refractivity contribution in [2.45, 2.75) is 44.6 Å². The third-order valence-electron chi connectivity index (χ3n) is 4.07. The number of nitrogens with zero attached hydrogens (tertiary/aromatic N) is 2.